The number of rotatable bonds is 7. The number of morpholine rings is 1. The molecule has 0 spiro atoms. The Hall–Kier alpha value is -2.88. The summed E-state index contributed by atoms with van der Waals surface area (Å²) in [6, 6.07) is 2.28. The Balaban J connectivity index is 2.14. The molecule has 0 aromatic heterocycles. The number of amides is 1. The molecule has 10 nitrogen and oxygen atoms in total. The Labute approximate surface area is 162 Å². The Morgan fingerprint density at radius 2 is 1.89 bits per heavy atom. The molecular formula is C18H24N2O8. The lowest BCUT2D eigenvalue weighted by molar-refractivity contribution is -0.385. The van der Waals surface area contributed by atoms with Crippen LogP contribution in [0.3, 0.4) is 0 Å². The van der Waals surface area contributed by atoms with E-state index in [4.69, 9.17) is 18.9 Å². The topological polar surface area (TPSA) is 117 Å². The molecule has 0 N–H and O–H groups in total. The van der Waals surface area contributed by atoms with Gasteiger partial charge >= 0.3 is 5.97 Å². The van der Waals surface area contributed by atoms with Crippen LogP contribution in [0.5, 0.6) is 11.5 Å². The standard InChI is InChI=1S/C18H24N2O8/c1-5-26-16-7-14(20(23)24)13(6-15(16)25-4)18(22)27-10-17(21)19-8-11(2)28-12(3)9-19/h6-7,11-12H,5,8-10H2,1-4H3/t11-,12-/m0/s1. The Kier molecular flexibility index (Phi) is 7.16. The molecule has 0 unspecified atom stereocenters. The van der Waals surface area contributed by atoms with Gasteiger partial charge in [-0.3, -0.25) is 14.9 Å². The predicted octanol–water partition coefficient (Wildman–Crippen LogP) is 1.79. The second kappa shape index (κ2) is 9.36. The molecule has 0 bridgehead atoms. The van der Waals surface area contributed by atoms with Gasteiger partial charge in [-0.05, 0) is 20.8 Å². The van der Waals surface area contributed by atoms with Gasteiger partial charge in [-0.25, -0.2) is 4.79 Å². The van der Waals surface area contributed by atoms with Crippen LogP contribution in [0.4, 0.5) is 5.69 Å². The zero-order valence-electron chi connectivity index (χ0n) is 16.3. The number of nitro groups is 1. The van der Waals surface area contributed by atoms with Crippen LogP contribution in [0.1, 0.15) is 31.1 Å². The van der Waals surface area contributed by atoms with Gasteiger partial charge in [0.1, 0.15) is 5.56 Å². The Morgan fingerprint density at radius 1 is 1.25 bits per heavy atom. The summed E-state index contributed by atoms with van der Waals surface area (Å²) >= 11 is 0. The minimum atomic E-state index is -0.990. The van der Waals surface area contributed by atoms with Crippen LogP contribution in [-0.4, -0.2) is 67.3 Å². The third-order valence-corrected chi connectivity index (χ3v) is 4.10. The molecule has 1 aromatic rings. The molecule has 1 amide bonds. The lowest BCUT2D eigenvalue weighted by atomic mass is 10.1. The number of hydrogen-bond acceptors (Lipinski definition) is 8. The molecule has 1 aliphatic heterocycles. The quantitative estimate of drug-likeness (QED) is 0.389. The number of carbonyl (C=O) groups excluding carboxylic acids is 2. The summed E-state index contributed by atoms with van der Waals surface area (Å²) in [5.41, 5.74) is -0.808. The molecule has 1 heterocycles. The smallest absolute Gasteiger partial charge is 0.345 e. The van der Waals surface area contributed by atoms with Crippen molar-refractivity contribution in [1.82, 2.24) is 4.90 Å². The lowest BCUT2D eigenvalue weighted by Crippen LogP contribution is -2.49. The highest BCUT2D eigenvalue weighted by Crippen LogP contribution is 2.35. The molecule has 1 saturated heterocycles. The van der Waals surface area contributed by atoms with E-state index in [1.807, 2.05) is 13.8 Å². The monoisotopic (exact) mass is 396 g/mol. The van der Waals surface area contributed by atoms with Crippen LogP contribution >= 0.6 is 0 Å². The minimum Gasteiger partial charge on any atom is -0.493 e. The molecule has 0 aliphatic carbocycles. The number of carbonyl (C=O) groups is 2. The zero-order chi connectivity index (χ0) is 20.8. The van der Waals surface area contributed by atoms with Crippen LogP contribution in [0.25, 0.3) is 0 Å². The van der Waals surface area contributed by atoms with Crippen molar-refractivity contribution >= 4 is 17.6 Å². The third-order valence-electron chi connectivity index (χ3n) is 4.10. The number of ether oxygens (including phenoxy) is 4. The lowest BCUT2D eigenvalue weighted by Gasteiger charge is -2.35. The maximum atomic E-state index is 12.4. The van der Waals surface area contributed by atoms with Gasteiger partial charge in [-0.1, -0.05) is 0 Å². The van der Waals surface area contributed by atoms with Gasteiger partial charge in [0.25, 0.3) is 11.6 Å². The number of benzene rings is 1. The van der Waals surface area contributed by atoms with E-state index in [1.165, 1.54) is 13.2 Å². The summed E-state index contributed by atoms with van der Waals surface area (Å²) in [7, 11) is 1.35. The van der Waals surface area contributed by atoms with Crippen molar-refractivity contribution in [3.05, 3.63) is 27.8 Å². The molecule has 2 atom stereocenters. The van der Waals surface area contributed by atoms with Gasteiger partial charge in [0.15, 0.2) is 18.1 Å². The molecule has 0 radical (unpaired) electrons. The van der Waals surface area contributed by atoms with Gasteiger partial charge < -0.3 is 23.8 Å². The van der Waals surface area contributed by atoms with Crippen molar-refractivity contribution in [2.75, 3.05) is 33.4 Å². The molecule has 154 valence electrons. The first-order valence-electron chi connectivity index (χ1n) is 8.86. The maximum Gasteiger partial charge on any atom is 0.345 e. The van der Waals surface area contributed by atoms with Crippen LogP contribution in [0.2, 0.25) is 0 Å². The Morgan fingerprint density at radius 3 is 2.43 bits per heavy atom. The average Bonchev–Trinajstić information content (AvgIpc) is 2.64. The van der Waals surface area contributed by atoms with Gasteiger partial charge in [0, 0.05) is 19.2 Å². The van der Waals surface area contributed by atoms with Crippen LogP contribution < -0.4 is 9.47 Å². The Bertz CT molecular complexity index is 741. The number of nitrogens with zero attached hydrogens (tertiary/aromatic N) is 2. The molecule has 28 heavy (non-hydrogen) atoms. The zero-order valence-corrected chi connectivity index (χ0v) is 16.3. The van der Waals surface area contributed by atoms with Gasteiger partial charge in [0.05, 0.1) is 36.9 Å². The van der Waals surface area contributed by atoms with Gasteiger partial charge in [0.2, 0.25) is 0 Å². The summed E-state index contributed by atoms with van der Waals surface area (Å²) in [6.45, 7) is 5.92. The van der Waals surface area contributed by atoms with E-state index in [0.717, 1.165) is 6.07 Å². The molecule has 1 fully saturated rings. The summed E-state index contributed by atoms with van der Waals surface area (Å²) in [6.07, 6.45) is -0.250. The van der Waals surface area contributed by atoms with Crippen molar-refractivity contribution in [1.29, 1.82) is 0 Å². The summed E-state index contributed by atoms with van der Waals surface area (Å²) < 4.78 is 21.0. The molecule has 10 heteroatoms. The second-order valence-electron chi connectivity index (χ2n) is 6.34. The number of methoxy groups -OCH3 is 1. The van der Waals surface area contributed by atoms with E-state index in [2.05, 4.69) is 0 Å². The van der Waals surface area contributed by atoms with Crippen molar-refractivity contribution < 1.29 is 33.5 Å². The molecule has 1 aromatic carbocycles. The summed E-state index contributed by atoms with van der Waals surface area (Å²) in [4.78, 5) is 36.9. The first kappa shape index (κ1) is 21.4. The fourth-order valence-electron chi connectivity index (χ4n) is 2.97. The summed E-state index contributed by atoms with van der Waals surface area (Å²) in [5.74, 6) is -1.09. The van der Waals surface area contributed by atoms with E-state index in [-0.39, 0.29) is 35.9 Å². The number of nitro benzene ring substituents is 1. The highest BCUT2D eigenvalue weighted by Gasteiger charge is 2.29. The number of hydrogen-bond donors (Lipinski definition) is 0. The largest absolute Gasteiger partial charge is 0.493 e. The van der Waals surface area contributed by atoms with Crippen molar-refractivity contribution in [3.8, 4) is 11.5 Å². The first-order valence-corrected chi connectivity index (χ1v) is 8.86. The van der Waals surface area contributed by atoms with Gasteiger partial charge in [-0.15, -0.1) is 0 Å². The summed E-state index contributed by atoms with van der Waals surface area (Å²) in [5, 5.41) is 11.4. The van der Waals surface area contributed by atoms with Gasteiger partial charge in [-0.2, -0.15) is 0 Å². The normalized spacial score (nSPS) is 19.1. The highest BCUT2D eigenvalue weighted by molar-refractivity contribution is 5.96. The SMILES string of the molecule is CCOc1cc([N+](=O)[O-])c(C(=O)OCC(=O)N2C[C@H](C)O[C@@H](C)C2)cc1OC. The number of esters is 1. The predicted molar refractivity (Wildman–Crippen MR) is 97.7 cm³/mol. The molecule has 0 saturated carbocycles. The maximum absolute atomic E-state index is 12.4. The van der Waals surface area contributed by atoms with E-state index >= 15 is 0 Å². The van der Waals surface area contributed by atoms with Crippen LogP contribution in [0.15, 0.2) is 12.1 Å². The highest BCUT2D eigenvalue weighted by atomic mass is 16.6. The molecular weight excluding hydrogens is 372 g/mol. The van der Waals surface area contributed by atoms with Crippen molar-refractivity contribution in [3.63, 3.8) is 0 Å². The van der Waals surface area contributed by atoms with Crippen LogP contribution in [-0.2, 0) is 14.3 Å². The van der Waals surface area contributed by atoms with Crippen LogP contribution in [0, 0.1) is 10.1 Å². The average molecular weight is 396 g/mol. The fraction of sp³-hybridized carbons (Fsp3) is 0.556. The van der Waals surface area contributed by atoms with E-state index in [1.54, 1.807) is 11.8 Å². The minimum absolute atomic E-state index is 0.125. The van der Waals surface area contributed by atoms with Crippen molar-refractivity contribution in [2.45, 2.75) is 33.0 Å². The second-order valence-corrected chi connectivity index (χ2v) is 6.34. The first-order chi connectivity index (χ1) is 13.3. The van der Waals surface area contributed by atoms with Crippen molar-refractivity contribution in [2.24, 2.45) is 0 Å². The molecule has 1 aliphatic rings. The van der Waals surface area contributed by atoms with E-state index in [9.17, 15) is 19.7 Å². The fourth-order valence-corrected chi connectivity index (χ4v) is 2.97. The molecule has 2 rings (SSSR count). The van der Waals surface area contributed by atoms with E-state index in [0.29, 0.717) is 13.1 Å². The third kappa shape index (κ3) is 5.10. The van der Waals surface area contributed by atoms with E-state index < -0.39 is 29.1 Å².